The third kappa shape index (κ3) is 5.97. The van der Waals surface area contributed by atoms with Crippen molar-refractivity contribution in [2.45, 2.75) is 89.6 Å². The zero-order valence-corrected chi connectivity index (χ0v) is 23.2. The molecule has 0 saturated carbocycles. The molecule has 0 radical (unpaired) electrons. The standard InChI is InChI=1S/C28H41FN4O6/c1-15(30-5)25(37)31-24(28(2,3)4)26(38)32-10-6-7-18(32)11-16-13-33(20-12-17(29)8-9-19(16)20)27-23(36)22(35)21(34)14-39-27/h8-9,12-13,15,18,21-24,27,30,34-36H,6-7,10-11,14H2,1-5H3,(H,31,37)/t15-,18-,21+,22-,23+,24+,27?/m0/s1. The van der Waals surface area contributed by atoms with Gasteiger partial charge in [-0.25, -0.2) is 4.39 Å². The van der Waals surface area contributed by atoms with Crippen LogP contribution < -0.4 is 10.6 Å². The molecule has 2 amide bonds. The van der Waals surface area contributed by atoms with Crippen LogP contribution in [-0.2, 0) is 20.7 Å². The zero-order chi connectivity index (χ0) is 28.6. The molecule has 2 aliphatic heterocycles. The molecule has 1 aromatic carbocycles. The van der Waals surface area contributed by atoms with Gasteiger partial charge in [0.05, 0.1) is 18.2 Å². The number of fused-ring (bicyclic) bond motifs is 1. The number of likely N-dealkylation sites (N-methyl/N-ethyl adjacent to an activating group) is 1. The Morgan fingerprint density at radius 2 is 1.92 bits per heavy atom. The molecule has 7 atom stereocenters. The lowest BCUT2D eigenvalue weighted by Gasteiger charge is -2.36. The SMILES string of the molecule is CN[C@@H](C)C(=O)N[C@H](C(=O)N1CCC[C@H]1Cc1cn(C2OC[C@@H](O)[C@H](O)[C@H]2O)c2cc(F)ccc12)C(C)(C)C. The molecule has 11 heteroatoms. The van der Waals surface area contributed by atoms with Crippen LogP contribution in [0.1, 0.15) is 52.3 Å². The van der Waals surface area contributed by atoms with Crippen molar-refractivity contribution in [3.8, 4) is 0 Å². The van der Waals surface area contributed by atoms with Crippen LogP contribution in [0.3, 0.4) is 0 Å². The Morgan fingerprint density at radius 3 is 2.59 bits per heavy atom. The van der Waals surface area contributed by atoms with E-state index in [-0.39, 0.29) is 24.5 Å². The minimum absolute atomic E-state index is 0.139. The fourth-order valence-electron chi connectivity index (χ4n) is 5.51. The minimum Gasteiger partial charge on any atom is -0.388 e. The Labute approximate surface area is 228 Å². The van der Waals surface area contributed by atoms with Crippen LogP contribution in [0.5, 0.6) is 0 Å². The number of hydrogen-bond acceptors (Lipinski definition) is 7. The molecule has 2 aromatic rings. The molecular formula is C28H41FN4O6. The van der Waals surface area contributed by atoms with Crippen LogP contribution in [0.25, 0.3) is 10.9 Å². The lowest BCUT2D eigenvalue weighted by Crippen LogP contribution is -2.58. The van der Waals surface area contributed by atoms with E-state index in [1.165, 1.54) is 12.1 Å². The molecule has 39 heavy (non-hydrogen) atoms. The summed E-state index contributed by atoms with van der Waals surface area (Å²) in [5.74, 6) is -0.846. The van der Waals surface area contributed by atoms with E-state index in [1.807, 2.05) is 25.7 Å². The van der Waals surface area contributed by atoms with Crippen LogP contribution in [0.4, 0.5) is 4.39 Å². The van der Waals surface area contributed by atoms with Gasteiger partial charge in [0, 0.05) is 24.2 Å². The van der Waals surface area contributed by atoms with Gasteiger partial charge in [0.15, 0.2) is 6.23 Å². The lowest BCUT2D eigenvalue weighted by atomic mass is 9.85. The van der Waals surface area contributed by atoms with Crippen LogP contribution in [-0.4, -0.2) is 93.2 Å². The van der Waals surface area contributed by atoms with Gasteiger partial charge < -0.3 is 40.2 Å². The Kier molecular flexibility index (Phi) is 8.67. The number of ether oxygens (including phenoxy) is 1. The Hall–Kier alpha value is -2.57. The number of likely N-dealkylation sites (tertiary alicyclic amines) is 1. The minimum atomic E-state index is -1.42. The van der Waals surface area contributed by atoms with Crippen molar-refractivity contribution in [3.05, 3.63) is 35.8 Å². The van der Waals surface area contributed by atoms with Crippen molar-refractivity contribution in [2.75, 3.05) is 20.2 Å². The van der Waals surface area contributed by atoms with Crippen LogP contribution in [0, 0.1) is 11.2 Å². The second kappa shape index (κ2) is 11.5. The van der Waals surface area contributed by atoms with E-state index in [9.17, 15) is 29.3 Å². The lowest BCUT2D eigenvalue weighted by molar-refractivity contribution is -0.209. The number of rotatable bonds is 7. The quantitative estimate of drug-likeness (QED) is 0.349. The smallest absolute Gasteiger partial charge is 0.245 e. The summed E-state index contributed by atoms with van der Waals surface area (Å²) in [5.41, 5.74) is 0.807. The van der Waals surface area contributed by atoms with Gasteiger partial charge in [-0.1, -0.05) is 20.8 Å². The van der Waals surface area contributed by atoms with Gasteiger partial charge in [-0.05, 0) is 62.4 Å². The van der Waals surface area contributed by atoms with Crippen molar-refractivity contribution in [3.63, 3.8) is 0 Å². The summed E-state index contributed by atoms with van der Waals surface area (Å²) in [6.45, 7) is 7.90. The fraction of sp³-hybridized carbons (Fsp3) is 0.643. The molecule has 216 valence electrons. The number of hydrogen-bond donors (Lipinski definition) is 5. The first-order chi connectivity index (χ1) is 18.3. The molecule has 5 N–H and O–H groups in total. The first-order valence-electron chi connectivity index (χ1n) is 13.6. The van der Waals surface area contributed by atoms with Crippen LogP contribution in [0.15, 0.2) is 24.4 Å². The predicted octanol–water partition coefficient (Wildman–Crippen LogP) is 1.06. The molecule has 1 unspecified atom stereocenters. The average Bonchev–Trinajstić information content (AvgIpc) is 3.49. The number of halogens is 1. The Balaban J connectivity index is 1.62. The Morgan fingerprint density at radius 1 is 1.21 bits per heavy atom. The van der Waals surface area contributed by atoms with E-state index in [2.05, 4.69) is 10.6 Å². The number of nitrogens with zero attached hydrogens (tertiary/aromatic N) is 2. The summed E-state index contributed by atoms with van der Waals surface area (Å²) in [5, 5.41) is 37.3. The highest BCUT2D eigenvalue weighted by Crippen LogP contribution is 2.34. The highest BCUT2D eigenvalue weighted by atomic mass is 19.1. The second-order valence-electron chi connectivity index (χ2n) is 11.8. The maximum absolute atomic E-state index is 14.3. The summed E-state index contributed by atoms with van der Waals surface area (Å²) < 4.78 is 21.5. The number of nitrogens with one attached hydrogen (secondary N) is 2. The van der Waals surface area contributed by atoms with E-state index in [1.54, 1.807) is 30.8 Å². The average molecular weight is 549 g/mol. The molecule has 0 bridgehead atoms. The van der Waals surface area contributed by atoms with Gasteiger partial charge in [-0.2, -0.15) is 0 Å². The molecule has 4 rings (SSSR count). The number of amides is 2. The van der Waals surface area contributed by atoms with Crippen LogP contribution in [0.2, 0.25) is 0 Å². The van der Waals surface area contributed by atoms with E-state index in [0.717, 1.165) is 23.8 Å². The normalized spacial score (nSPS) is 27.5. The highest BCUT2D eigenvalue weighted by molar-refractivity contribution is 5.90. The number of aromatic nitrogens is 1. The third-order valence-electron chi connectivity index (χ3n) is 7.97. The number of benzene rings is 1. The summed E-state index contributed by atoms with van der Waals surface area (Å²) in [6, 6.07) is 3.07. The van der Waals surface area contributed by atoms with Crippen molar-refractivity contribution < 1.29 is 34.0 Å². The molecule has 2 aliphatic rings. The molecule has 2 saturated heterocycles. The van der Waals surface area contributed by atoms with E-state index in [4.69, 9.17) is 4.74 Å². The van der Waals surface area contributed by atoms with Gasteiger partial charge in [-0.15, -0.1) is 0 Å². The van der Waals surface area contributed by atoms with E-state index < -0.39 is 47.9 Å². The maximum Gasteiger partial charge on any atom is 0.245 e. The van der Waals surface area contributed by atoms with Gasteiger partial charge in [0.2, 0.25) is 11.8 Å². The van der Waals surface area contributed by atoms with Gasteiger partial charge in [-0.3, -0.25) is 9.59 Å². The molecule has 0 spiro atoms. The number of carbonyl (C=O) groups is 2. The highest BCUT2D eigenvalue weighted by Gasteiger charge is 2.41. The van der Waals surface area contributed by atoms with Crippen molar-refractivity contribution in [2.24, 2.45) is 5.41 Å². The molecule has 1 aromatic heterocycles. The van der Waals surface area contributed by atoms with Crippen molar-refractivity contribution in [1.82, 2.24) is 20.1 Å². The van der Waals surface area contributed by atoms with Gasteiger partial charge in [0.1, 0.15) is 30.2 Å². The first kappa shape index (κ1) is 29.4. The largest absolute Gasteiger partial charge is 0.388 e. The molecule has 3 heterocycles. The first-order valence-corrected chi connectivity index (χ1v) is 13.6. The Bertz CT molecular complexity index is 1200. The van der Waals surface area contributed by atoms with Crippen molar-refractivity contribution >= 4 is 22.7 Å². The summed E-state index contributed by atoms with van der Waals surface area (Å²) in [4.78, 5) is 28.4. The van der Waals surface area contributed by atoms with E-state index in [0.29, 0.717) is 18.5 Å². The monoisotopic (exact) mass is 548 g/mol. The summed E-state index contributed by atoms with van der Waals surface area (Å²) >= 11 is 0. The predicted molar refractivity (Wildman–Crippen MR) is 143 cm³/mol. The van der Waals surface area contributed by atoms with Gasteiger partial charge in [0.25, 0.3) is 0 Å². The zero-order valence-electron chi connectivity index (χ0n) is 23.2. The van der Waals surface area contributed by atoms with Crippen LogP contribution >= 0.6 is 0 Å². The topological polar surface area (TPSA) is 136 Å². The molecule has 2 fully saturated rings. The summed E-state index contributed by atoms with van der Waals surface area (Å²) in [7, 11) is 1.69. The summed E-state index contributed by atoms with van der Waals surface area (Å²) in [6.07, 6.45) is -1.23. The molecule has 0 aliphatic carbocycles. The number of carbonyl (C=O) groups excluding carboxylic acids is 2. The molecule has 10 nitrogen and oxygen atoms in total. The number of aliphatic hydroxyl groups is 3. The fourth-order valence-corrected chi connectivity index (χ4v) is 5.51. The number of aliphatic hydroxyl groups excluding tert-OH is 3. The van der Waals surface area contributed by atoms with Gasteiger partial charge >= 0.3 is 0 Å². The van der Waals surface area contributed by atoms with E-state index >= 15 is 0 Å². The third-order valence-corrected chi connectivity index (χ3v) is 7.97. The second-order valence-corrected chi connectivity index (χ2v) is 11.8. The molecular weight excluding hydrogens is 507 g/mol. The maximum atomic E-state index is 14.3. The van der Waals surface area contributed by atoms with Crippen molar-refractivity contribution in [1.29, 1.82) is 0 Å².